The highest BCUT2D eigenvalue weighted by Crippen LogP contribution is 2.34. The normalized spacial score (nSPS) is 11.4. The van der Waals surface area contributed by atoms with E-state index in [0.717, 1.165) is 17.0 Å². The van der Waals surface area contributed by atoms with Gasteiger partial charge in [-0.05, 0) is 12.0 Å². The molecule has 0 amide bonds. The Morgan fingerprint density at radius 2 is 1.63 bits per heavy atom. The zero-order chi connectivity index (χ0) is 19.8. The molecule has 2 N–H and O–H groups in total. The Balaban J connectivity index is 2.00. The van der Waals surface area contributed by atoms with Crippen LogP contribution in [0.2, 0.25) is 0 Å². The molecule has 0 unspecified atom stereocenters. The van der Waals surface area contributed by atoms with Gasteiger partial charge in [-0.1, -0.05) is 19.0 Å². The molecule has 0 radical (unpaired) electrons. The van der Waals surface area contributed by atoms with Crippen molar-refractivity contribution in [3.05, 3.63) is 35.2 Å². The van der Waals surface area contributed by atoms with E-state index in [-0.39, 0.29) is 0 Å². The van der Waals surface area contributed by atoms with Crippen LogP contribution in [0.15, 0.2) is 27.7 Å². The molecule has 0 atom stereocenters. The van der Waals surface area contributed by atoms with Crippen LogP contribution >= 0.6 is 0 Å². The number of benzene rings is 1. The Kier molecular flexibility index (Phi) is 7.34. The van der Waals surface area contributed by atoms with Gasteiger partial charge in [0.2, 0.25) is 0 Å². The molecular formula is C19H28N4O4. The zero-order valence-corrected chi connectivity index (χ0v) is 16.8. The summed E-state index contributed by atoms with van der Waals surface area (Å²) in [5, 5.41) is 10.5. The van der Waals surface area contributed by atoms with Crippen molar-refractivity contribution >= 4 is 5.96 Å². The molecule has 2 rings (SSSR count). The Labute approximate surface area is 159 Å². The molecule has 1 heterocycles. The van der Waals surface area contributed by atoms with Gasteiger partial charge in [0.25, 0.3) is 0 Å². The molecule has 0 saturated carbocycles. The lowest BCUT2D eigenvalue weighted by molar-refractivity contribution is 0.347. The van der Waals surface area contributed by atoms with E-state index in [2.05, 4.69) is 34.6 Å². The largest absolute Gasteiger partial charge is 0.496 e. The molecule has 0 bridgehead atoms. The third kappa shape index (κ3) is 5.29. The number of ether oxygens (including phenoxy) is 3. The number of methoxy groups -OCH3 is 3. The first-order chi connectivity index (χ1) is 13.0. The van der Waals surface area contributed by atoms with Crippen molar-refractivity contribution in [2.45, 2.75) is 32.9 Å². The van der Waals surface area contributed by atoms with Crippen LogP contribution in [-0.4, -0.2) is 39.5 Å². The molecule has 0 aliphatic rings. The molecule has 0 aliphatic heterocycles. The van der Waals surface area contributed by atoms with Gasteiger partial charge in [-0.15, -0.1) is 0 Å². The first-order valence-corrected chi connectivity index (χ1v) is 8.71. The first-order valence-electron chi connectivity index (χ1n) is 8.71. The second-order valence-electron chi connectivity index (χ2n) is 6.17. The lowest BCUT2D eigenvalue weighted by Gasteiger charge is -2.16. The first kappa shape index (κ1) is 20.4. The molecule has 27 heavy (non-hydrogen) atoms. The van der Waals surface area contributed by atoms with Gasteiger partial charge in [-0.2, -0.15) is 0 Å². The molecule has 8 heteroatoms. The Morgan fingerprint density at radius 3 is 2.19 bits per heavy atom. The van der Waals surface area contributed by atoms with Crippen LogP contribution in [0.1, 0.15) is 36.8 Å². The van der Waals surface area contributed by atoms with Crippen molar-refractivity contribution in [1.29, 1.82) is 0 Å². The van der Waals surface area contributed by atoms with Gasteiger partial charge >= 0.3 is 0 Å². The van der Waals surface area contributed by atoms with Gasteiger partial charge in [0.05, 0.1) is 33.6 Å². The van der Waals surface area contributed by atoms with Gasteiger partial charge in [0.15, 0.2) is 23.2 Å². The van der Waals surface area contributed by atoms with Gasteiger partial charge < -0.3 is 29.4 Å². The minimum absolute atomic E-state index is 0.331. The molecule has 0 aliphatic carbocycles. The highest BCUT2D eigenvalue weighted by molar-refractivity contribution is 5.79. The minimum Gasteiger partial charge on any atom is -0.496 e. The third-order valence-electron chi connectivity index (χ3n) is 4.06. The van der Waals surface area contributed by atoms with Gasteiger partial charge in [0, 0.05) is 31.3 Å². The number of guanidine groups is 1. The fourth-order valence-corrected chi connectivity index (χ4v) is 2.49. The number of aromatic nitrogens is 1. The molecule has 0 fully saturated rings. The lowest BCUT2D eigenvalue weighted by atomic mass is 10.1. The molecule has 1 aromatic heterocycles. The van der Waals surface area contributed by atoms with E-state index in [1.807, 2.05) is 12.1 Å². The zero-order valence-electron chi connectivity index (χ0n) is 16.8. The molecule has 0 saturated heterocycles. The standard InChI is InChI=1S/C19H28N4O4/c1-12(2)15-8-14(27-23-15)11-22-19(20-3)21-10-13-7-17(25-5)18(26-6)9-16(13)24-4/h7-9,12H,10-11H2,1-6H3,(H2,20,21,22). The smallest absolute Gasteiger partial charge is 0.191 e. The monoisotopic (exact) mass is 376 g/mol. The van der Waals surface area contributed by atoms with Crippen molar-refractivity contribution in [2.75, 3.05) is 28.4 Å². The molecule has 8 nitrogen and oxygen atoms in total. The molecule has 0 spiro atoms. The Hall–Kier alpha value is -2.90. The van der Waals surface area contributed by atoms with Crippen molar-refractivity contribution in [2.24, 2.45) is 4.99 Å². The fourth-order valence-electron chi connectivity index (χ4n) is 2.49. The number of nitrogens with zero attached hydrogens (tertiary/aromatic N) is 2. The predicted octanol–water partition coefficient (Wildman–Crippen LogP) is 2.69. The van der Waals surface area contributed by atoms with Crippen LogP contribution in [0.4, 0.5) is 0 Å². The highest BCUT2D eigenvalue weighted by atomic mass is 16.5. The van der Waals surface area contributed by atoms with Crippen LogP contribution in [-0.2, 0) is 13.1 Å². The summed E-state index contributed by atoms with van der Waals surface area (Å²) >= 11 is 0. The van der Waals surface area contributed by atoms with Crippen LogP contribution in [0.3, 0.4) is 0 Å². The van der Waals surface area contributed by atoms with Crippen molar-refractivity contribution in [3.63, 3.8) is 0 Å². The summed E-state index contributed by atoms with van der Waals surface area (Å²) < 4.78 is 21.5. The van der Waals surface area contributed by atoms with Crippen LogP contribution in [0.5, 0.6) is 17.2 Å². The van der Waals surface area contributed by atoms with E-state index in [9.17, 15) is 0 Å². The summed E-state index contributed by atoms with van der Waals surface area (Å²) in [6.45, 7) is 5.14. The average Bonchev–Trinajstić information content (AvgIpc) is 3.16. The second kappa shape index (κ2) is 9.70. The number of aliphatic imine (C=N–C) groups is 1. The van der Waals surface area contributed by atoms with Crippen molar-refractivity contribution in [3.8, 4) is 17.2 Å². The van der Waals surface area contributed by atoms with E-state index in [1.54, 1.807) is 34.4 Å². The average molecular weight is 376 g/mol. The summed E-state index contributed by atoms with van der Waals surface area (Å²) in [6.07, 6.45) is 0. The molecule has 148 valence electrons. The van der Waals surface area contributed by atoms with Crippen molar-refractivity contribution in [1.82, 2.24) is 15.8 Å². The molecule has 1 aromatic carbocycles. The third-order valence-corrected chi connectivity index (χ3v) is 4.06. The van der Waals surface area contributed by atoms with E-state index >= 15 is 0 Å². The Bertz CT molecular complexity index is 771. The van der Waals surface area contributed by atoms with Crippen LogP contribution in [0, 0.1) is 0 Å². The number of nitrogens with one attached hydrogen (secondary N) is 2. The predicted molar refractivity (Wildman–Crippen MR) is 104 cm³/mol. The number of rotatable bonds is 8. The Morgan fingerprint density at radius 1 is 1.00 bits per heavy atom. The number of hydrogen-bond donors (Lipinski definition) is 2. The van der Waals surface area contributed by atoms with Crippen molar-refractivity contribution < 1.29 is 18.7 Å². The van der Waals surface area contributed by atoms with Gasteiger partial charge in [-0.3, -0.25) is 4.99 Å². The maximum atomic E-state index is 5.45. The SMILES string of the molecule is CN=C(NCc1cc(C(C)C)no1)NCc1cc(OC)c(OC)cc1OC. The van der Waals surface area contributed by atoms with Gasteiger partial charge in [-0.25, -0.2) is 0 Å². The summed E-state index contributed by atoms with van der Waals surface area (Å²) in [5.41, 5.74) is 1.85. The van der Waals surface area contributed by atoms with E-state index in [0.29, 0.717) is 42.2 Å². The number of hydrogen-bond acceptors (Lipinski definition) is 6. The topological polar surface area (TPSA) is 90.1 Å². The summed E-state index contributed by atoms with van der Waals surface area (Å²) in [5.74, 6) is 3.68. The van der Waals surface area contributed by atoms with Crippen LogP contribution < -0.4 is 24.8 Å². The summed E-state index contributed by atoms with van der Waals surface area (Å²) in [7, 11) is 6.52. The maximum absolute atomic E-state index is 5.45. The summed E-state index contributed by atoms with van der Waals surface area (Å²) in [6, 6.07) is 5.62. The quantitative estimate of drug-likeness (QED) is 0.541. The maximum Gasteiger partial charge on any atom is 0.191 e. The molecule has 2 aromatic rings. The van der Waals surface area contributed by atoms with E-state index in [4.69, 9.17) is 18.7 Å². The lowest BCUT2D eigenvalue weighted by Crippen LogP contribution is -2.36. The van der Waals surface area contributed by atoms with E-state index in [1.165, 1.54) is 0 Å². The fraction of sp³-hybridized carbons (Fsp3) is 0.474. The second-order valence-corrected chi connectivity index (χ2v) is 6.17. The van der Waals surface area contributed by atoms with Crippen LogP contribution in [0.25, 0.3) is 0 Å². The highest BCUT2D eigenvalue weighted by Gasteiger charge is 2.13. The van der Waals surface area contributed by atoms with E-state index < -0.39 is 0 Å². The summed E-state index contributed by atoms with van der Waals surface area (Å²) in [4.78, 5) is 4.23. The minimum atomic E-state index is 0.331. The molecular weight excluding hydrogens is 348 g/mol. The van der Waals surface area contributed by atoms with Gasteiger partial charge in [0.1, 0.15) is 5.75 Å².